The summed E-state index contributed by atoms with van der Waals surface area (Å²) >= 11 is 4.85. The summed E-state index contributed by atoms with van der Waals surface area (Å²) in [5.74, 6) is 0.169. The maximum absolute atomic E-state index is 11.8. The lowest BCUT2D eigenvalue weighted by molar-refractivity contribution is -0.118. The molecule has 1 aliphatic rings. The predicted molar refractivity (Wildman–Crippen MR) is 99.6 cm³/mol. The number of amides is 1. The molecule has 116 valence electrons. The van der Waals surface area contributed by atoms with Crippen molar-refractivity contribution in [1.29, 1.82) is 0 Å². The summed E-state index contributed by atoms with van der Waals surface area (Å²) in [7, 11) is 0. The molecule has 0 saturated carbocycles. The molecule has 1 N–H and O–H groups in total. The number of hydrogen-bond acceptors (Lipinski definition) is 4. The number of para-hydroxylation sites is 1. The highest BCUT2D eigenvalue weighted by Gasteiger charge is 2.15. The van der Waals surface area contributed by atoms with Crippen molar-refractivity contribution in [2.45, 2.75) is 6.42 Å². The summed E-state index contributed by atoms with van der Waals surface area (Å²) in [5.41, 5.74) is 5.67. The highest BCUT2D eigenvalue weighted by atomic mass is 79.9. The largest absolute Gasteiger partial charge is 0.272 e. The van der Waals surface area contributed by atoms with E-state index in [-0.39, 0.29) is 5.91 Å². The number of rotatable bonds is 4. The Balaban J connectivity index is 1.46. The third kappa shape index (κ3) is 4.53. The van der Waals surface area contributed by atoms with E-state index in [1.54, 1.807) is 6.21 Å². The van der Waals surface area contributed by atoms with Gasteiger partial charge in [-0.05, 0) is 29.3 Å². The Labute approximate surface area is 147 Å². The minimum Gasteiger partial charge on any atom is -0.272 e. The number of benzene rings is 2. The molecule has 3 rings (SSSR count). The van der Waals surface area contributed by atoms with E-state index in [1.807, 2.05) is 42.5 Å². The van der Waals surface area contributed by atoms with Crippen LogP contribution in [-0.2, 0) is 11.2 Å². The van der Waals surface area contributed by atoms with Gasteiger partial charge in [-0.3, -0.25) is 4.79 Å². The summed E-state index contributed by atoms with van der Waals surface area (Å²) in [6, 6.07) is 15.7. The molecule has 1 aliphatic heterocycles. The van der Waals surface area contributed by atoms with Crippen LogP contribution < -0.4 is 5.43 Å². The summed E-state index contributed by atoms with van der Waals surface area (Å²) in [6.07, 6.45) is 2.42. The van der Waals surface area contributed by atoms with E-state index in [0.717, 1.165) is 27.2 Å². The van der Waals surface area contributed by atoms with Gasteiger partial charge in [0.15, 0.2) is 0 Å². The van der Waals surface area contributed by atoms with E-state index in [1.165, 1.54) is 17.3 Å². The lowest BCUT2D eigenvalue weighted by atomic mass is 10.2. The molecule has 0 unspecified atom stereocenters. The van der Waals surface area contributed by atoms with Crippen molar-refractivity contribution < 1.29 is 4.79 Å². The zero-order valence-electron chi connectivity index (χ0n) is 12.2. The van der Waals surface area contributed by atoms with Gasteiger partial charge in [0.1, 0.15) is 0 Å². The Morgan fingerprint density at radius 2 is 2.17 bits per heavy atom. The van der Waals surface area contributed by atoms with Crippen molar-refractivity contribution >= 4 is 50.5 Å². The number of hydrogen-bond donors (Lipinski definition) is 1. The number of fused-ring (bicyclic) bond motifs is 1. The highest BCUT2D eigenvalue weighted by Crippen LogP contribution is 2.29. The topological polar surface area (TPSA) is 53.8 Å². The molecule has 4 nitrogen and oxygen atoms in total. The molecule has 0 bridgehead atoms. The first-order valence-electron chi connectivity index (χ1n) is 7.06. The third-order valence-electron chi connectivity index (χ3n) is 3.20. The van der Waals surface area contributed by atoms with Gasteiger partial charge in [0, 0.05) is 10.9 Å². The number of halogens is 1. The number of nitrogens with zero attached hydrogens (tertiary/aromatic N) is 2. The van der Waals surface area contributed by atoms with Gasteiger partial charge in [0.2, 0.25) is 5.91 Å². The van der Waals surface area contributed by atoms with Gasteiger partial charge in [-0.1, -0.05) is 46.3 Å². The first kappa shape index (κ1) is 16.0. The van der Waals surface area contributed by atoms with Crippen molar-refractivity contribution in [1.82, 2.24) is 5.43 Å². The van der Waals surface area contributed by atoms with Crippen LogP contribution in [0, 0.1) is 0 Å². The van der Waals surface area contributed by atoms with Crippen LogP contribution in [0.2, 0.25) is 0 Å². The molecule has 0 radical (unpaired) electrons. The van der Waals surface area contributed by atoms with Crippen molar-refractivity contribution in [3.8, 4) is 0 Å². The molecule has 0 spiro atoms. The van der Waals surface area contributed by atoms with E-state index in [9.17, 15) is 4.79 Å². The molecule has 2 aromatic rings. The second-order valence-electron chi connectivity index (χ2n) is 4.95. The van der Waals surface area contributed by atoms with Crippen LogP contribution in [0.1, 0.15) is 11.1 Å². The fourth-order valence-electron chi connectivity index (χ4n) is 2.14. The van der Waals surface area contributed by atoms with E-state index < -0.39 is 0 Å². The molecular formula is C17H14BrN3OS. The number of nitrogens with one attached hydrogen (secondary N) is 1. The van der Waals surface area contributed by atoms with Gasteiger partial charge in [0.05, 0.1) is 22.7 Å². The lowest BCUT2D eigenvalue weighted by Crippen LogP contribution is -2.20. The van der Waals surface area contributed by atoms with Crippen LogP contribution in [0.4, 0.5) is 5.69 Å². The first-order valence-corrected chi connectivity index (χ1v) is 8.84. The maximum Gasteiger partial charge on any atom is 0.250 e. The van der Waals surface area contributed by atoms with Gasteiger partial charge in [0.25, 0.3) is 0 Å². The van der Waals surface area contributed by atoms with Crippen LogP contribution >= 0.6 is 27.7 Å². The number of aliphatic imine (C=N–C) groups is 1. The average molecular weight is 388 g/mol. The monoisotopic (exact) mass is 387 g/mol. The lowest BCUT2D eigenvalue weighted by Gasteiger charge is -2.00. The highest BCUT2D eigenvalue weighted by molar-refractivity contribution is 9.10. The molecule has 23 heavy (non-hydrogen) atoms. The normalized spacial score (nSPS) is 13.0. The van der Waals surface area contributed by atoms with Crippen LogP contribution in [0.5, 0.6) is 0 Å². The molecule has 0 aliphatic carbocycles. The van der Waals surface area contributed by atoms with E-state index in [2.05, 4.69) is 37.5 Å². The molecule has 6 heteroatoms. The molecule has 0 atom stereocenters. The Kier molecular flexibility index (Phi) is 5.25. The average Bonchev–Trinajstić information content (AvgIpc) is 2.96. The Hall–Kier alpha value is -1.92. The van der Waals surface area contributed by atoms with E-state index >= 15 is 0 Å². The summed E-state index contributed by atoms with van der Waals surface area (Å²) < 4.78 is 0.974. The van der Waals surface area contributed by atoms with Crippen LogP contribution in [0.3, 0.4) is 0 Å². The zero-order valence-corrected chi connectivity index (χ0v) is 14.6. The van der Waals surface area contributed by atoms with Gasteiger partial charge in [-0.15, -0.1) is 11.8 Å². The Bertz CT molecular complexity index is 789. The third-order valence-corrected chi connectivity index (χ3v) is 4.67. The van der Waals surface area contributed by atoms with Crippen molar-refractivity contribution in [3.05, 3.63) is 64.1 Å². The first-order chi connectivity index (χ1) is 11.2. The predicted octanol–water partition coefficient (Wildman–Crippen LogP) is 3.92. The maximum atomic E-state index is 11.8. The zero-order chi connectivity index (χ0) is 16.1. The minimum absolute atomic E-state index is 0.139. The summed E-state index contributed by atoms with van der Waals surface area (Å²) in [5, 5.41) is 4.94. The van der Waals surface area contributed by atoms with Crippen molar-refractivity contribution in [2.24, 2.45) is 10.1 Å². The smallest absolute Gasteiger partial charge is 0.250 e. The van der Waals surface area contributed by atoms with E-state index in [4.69, 9.17) is 0 Å². The van der Waals surface area contributed by atoms with Crippen molar-refractivity contribution in [2.75, 3.05) is 5.75 Å². The van der Waals surface area contributed by atoms with Gasteiger partial charge in [-0.2, -0.15) is 5.10 Å². The Morgan fingerprint density at radius 1 is 1.30 bits per heavy atom. The minimum atomic E-state index is -0.139. The molecular weight excluding hydrogens is 374 g/mol. The van der Waals surface area contributed by atoms with Gasteiger partial charge >= 0.3 is 0 Å². The second kappa shape index (κ2) is 7.57. The van der Waals surface area contributed by atoms with Crippen LogP contribution in [-0.4, -0.2) is 22.9 Å². The molecule has 0 saturated heterocycles. The summed E-state index contributed by atoms with van der Waals surface area (Å²) in [6.45, 7) is 0. The quantitative estimate of drug-likeness (QED) is 0.638. The molecule has 0 fully saturated rings. The molecule has 1 heterocycles. The van der Waals surface area contributed by atoms with E-state index in [0.29, 0.717) is 5.75 Å². The number of hydrazone groups is 1. The molecule has 1 amide bonds. The number of thioether (sulfide) groups is 1. The fraction of sp³-hybridized carbons (Fsp3) is 0.118. The van der Waals surface area contributed by atoms with Crippen molar-refractivity contribution in [3.63, 3.8) is 0 Å². The van der Waals surface area contributed by atoms with Gasteiger partial charge in [-0.25, -0.2) is 10.4 Å². The second-order valence-corrected chi connectivity index (χ2v) is 6.91. The molecule has 2 aromatic carbocycles. The Morgan fingerprint density at radius 3 is 3.00 bits per heavy atom. The van der Waals surface area contributed by atoms with Crippen LogP contribution in [0.15, 0.2) is 63.1 Å². The summed E-state index contributed by atoms with van der Waals surface area (Å²) in [4.78, 5) is 16.3. The SMILES string of the molecule is O=C(CSC1=Nc2ccccc2C1)N/N=C/c1cccc(Br)c1. The van der Waals surface area contributed by atoms with Gasteiger partial charge < -0.3 is 0 Å². The number of carbonyl (C=O) groups excluding carboxylic acids is 1. The standard InChI is InChI=1S/C17H14BrN3OS/c18-14-6-3-4-12(8-14)10-19-21-16(22)11-23-17-9-13-5-1-2-7-15(13)20-17/h1-8,10H,9,11H2,(H,21,22)/b19-10+. The fourth-order valence-corrected chi connectivity index (χ4v) is 3.34. The van der Waals surface area contributed by atoms with Crippen LogP contribution in [0.25, 0.3) is 0 Å². The number of carbonyl (C=O) groups is 1. The molecule has 0 aromatic heterocycles.